The van der Waals surface area contributed by atoms with E-state index >= 15 is 0 Å². The lowest BCUT2D eigenvalue weighted by Crippen LogP contribution is -2.32. The largest absolute Gasteiger partial charge is 0.388 e. The van der Waals surface area contributed by atoms with Gasteiger partial charge < -0.3 is 5.32 Å². The van der Waals surface area contributed by atoms with Crippen molar-refractivity contribution < 1.29 is 0 Å². The summed E-state index contributed by atoms with van der Waals surface area (Å²) in [4.78, 5) is 0. The van der Waals surface area contributed by atoms with Crippen LogP contribution in [0.15, 0.2) is 11.8 Å². The van der Waals surface area contributed by atoms with Gasteiger partial charge in [-0.3, -0.25) is 0 Å². The van der Waals surface area contributed by atoms with Crippen LogP contribution < -0.4 is 5.32 Å². The van der Waals surface area contributed by atoms with E-state index in [1.54, 1.807) is 5.57 Å². The van der Waals surface area contributed by atoms with Gasteiger partial charge in [0.1, 0.15) is 0 Å². The van der Waals surface area contributed by atoms with Crippen LogP contribution >= 0.6 is 0 Å². The molecule has 0 aliphatic carbocycles. The zero-order valence-electron chi connectivity index (χ0n) is 9.97. The summed E-state index contributed by atoms with van der Waals surface area (Å²) in [6.45, 7) is 6.84. The van der Waals surface area contributed by atoms with Gasteiger partial charge in [0.05, 0.1) is 0 Å². The Balaban J connectivity index is 2.52. The second-order valence-electron chi connectivity index (χ2n) is 4.45. The smallest absolute Gasteiger partial charge is 0.0261 e. The zero-order chi connectivity index (χ0) is 10.4. The van der Waals surface area contributed by atoms with Crippen molar-refractivity contribution in [1.29, 1.82) is 0 Å². The van der Waals surface area contributed by atoms with Crippen LogP contribution in [0.2, 0.25) is 0 Å². The van der Waals surface area contributed by atoms with Crippen LogP contribution in [0.25, 0.3) is 0 Å². The molecule has 1 nitrogen and oxygen atoms in total. The molecule has 0 radical (unpaired) electrons. The van der Waals surface area contributed by atoms with Gasteiger partial charge in [-0.05, 0) is 37.8 Å². The third kappa shape index (κ3) is 3.04. The van der Waals surface area contributed by atoms with Gasteiger partial charge in [-0.15, -0.1) is 0 Å². The molecule has 0 saturated carbocycles. The van der Waals surface area contributed by atoms with Gasteiger partial charge in [0.15, 0.2) is 0 Å². The Bertz CT molecular complexity index is 184. The predicted octanol–water partition coefficient (Wildman–Crippen LogP) is 3.86. The van der Waals surface area contributed by atoms with Gasteiger partial charge in [0.2, 0.25) is 0 Å². The number of rotatable bonds is 5. The Morgan fingerprint density at radius 3 is 2.50 bits per heavy atom. The predicted molar refractivity (Wildman–Crippen MR) is 63.2 cm³/mol. The molecular weight excluding hydrogens is 170 g/mol. The molecule has 0 aromatic rings. The van der Waals surface area contributed by atoms with Gasteiger partial charge in [-0.1, -0.05) is 39.2 Å². The molecular formula is C13H25N. The Morgan fingerprint density at radius 2 is 1.93 bits per heavy atom. The molecule has 14 heavy (non-hydrogen) atoms. The van der Waals surface area contributed by atoms with E-state index in [0.717, 1.165) is 12.0 Å². The Morgan fingerprint density at radius 1 is 1.21 bits per heavy atom. The Kier molecular flexibility index (Phi) is 5.06. The van der Waals surface area contributed by atoms with Crippen LogP contribution in [0.1, 0.15) is 59.3 Å². The van der Waals surface area contributed by atoms with E-state index in [1.807, 2.05) is 0 Å². The van der Waals surface area contributed by atoms with Crippen LogP contribution in [0, 0.1) is 5.92 Å². The first-order chi connectivity index (χ1) is 6.81. The van der Waals surface area contributed by atoms with Crippen LogP contribution in [0.3, 0.4) is 0 Å². The first-order valence-corrected chi connectivity index (χ1v) is 6.26. The average molecular weight is 195 g/mol. The number of hydrogen-bond acceptors (Lipinski definition) is 1. The SMILES string of the molecule is CCCC1CC(CCC)C(CC)=CN1. The van der Waals surface area contributed by atoms with Crippen molar-refractivity contribution in [3.8, 4) is 0 Å². The molecule has 1 heteroatoms. The number of nitrogens with one attached hydrogen (secondary N) is 1. The van der Waals surface area contributed by atoms with Gasteiger partial charge >= 0.3 is 0 Å². The molecule has 1 N–H and O–H groups in total. The molecule has 0 aromatic heterocycles. The summed E-state index contributed by atoms with van der Waals surface area (Å²) >= 11 is 0. The fourth-order valence-corrected chi connectivity index (χ4v) is 2.50. The number of allylic oxidation sites excluding steroid dienone is 1. The first-order valence-electron chi connectivity index (χ1n) is 6.26. The normalized spacial score (nSPS) is 26.9. The molecule has 1 aliphatic rings. The fourth-order valence-electron chi connectivity index (χ4n) is 2.50. The molecule has 1 heterocycles. The quantitative estimate of drug-likeness (QED) is 0.702. The minimum absolute atomic E-state index is 0.742. The fraction of sp³-hybridized carbons (Fsp3) is 0.846. The topological polar surface area (TPSA) is 12.0 Å². The van der Waals surface area contributed by atoms with Crippen LogP contribution in [0.4, 0.5) is 0 Å². The molecule has 0 fully saturated rings. The third-order valence-electron chi connectivity index (χ3n) is 3.28. The van der Waals surface area contributed by atoms with E-state index < -0.39 is 0 Å². The molecule has 2 atom stereocenters. The summed E-state index contributed by atoms with van der Waals surface area (Å²) in [5.74, 6) is 0.864. The van der Waals surface area contributed by atoms with Crippen molar-refractivity contribution in [3.05, 3.63) is 11.8 Å². The highest BCUT2D eigenvalue weighted by atomic mass is 14.9. The second kappa shape index (κ2) is 6.10. The summed E-state index contributed by atoms with van der Waals surface area (Å²) in [7, 11) is 0. The van der Waals surface area contributed by atoms with E-state index in [2.05, 4.69) is 32.3 Å². The summed E-state index contributed by atoms with van der Waals surface area (Å²) in [6.07, 6.45) is 10.2. The zero-order valence-corrected chi connectivity index (χ0v) is 9.97. The lowest BCUT2D eigenvalue weighted by atomic mass is 9.84. The van der Waals surface area contributed by atoms with E-state index in [1.165, 1.54) is 38.5 Å². The second-order valence-corrected chi connectivity index (χ2v) is 4.45. The standard InChI is InChI=1S/C13H25N/c1-4-7-12-9-13(8-5-2)14-10-11(12)6-3/h10,12-14H,4-9H2,1-3H3. The molecule has 0 spiro atoms. The van der Waals surface area contributed by atoms with Gasteiger partial charge in [0.25, 0.3) is 0 Å². The van der Waals surface area contributed by atoms with E-state index in [4.69, 9.17) is 0 Å². The summed E-state index contributed by atoms with van der Waals surface area (Å²) in [5, 5.41) is 3.55. The third-order valence-corrected chi connectivity index (χ3v) is 3.28. The monoisotopic (exact) mass is 195 g/mol. The lowest BCUT2D eigenvalue weighted by Gasteiger charge is -2.30. The Labute approximate surface area is 89.0 Å². The molecule has 0 bridgehead atoms. The summed E-state index contributed by atoms with van der Waals surface area (Å²) < 4.78 is 0. The highest BCUT2D eigenvalue weighted by Gasteiger charge is 2.21. The summed E-state index contributed by atoms with van der Waals surface area (Å²) in [5.41, 5.74) is 1.64. The van der Waals surface area contributed by atoms with Crippen molar-refractivity contribution >= 4 is 0 Å². The maximum absolute atomic E-state index is 3.55. The highest BCUT2D eigenvalue weighted by molar-refractivity contribution is 5.10. The summed E-state index contributed by atoms with van der Waals surface area (Å²) in [6, 6.07) is 0.742. The molecule has 1 rings (SSSR count). The molecule has 0 amide bonds. The molecule has 1 aliphatic heterocycles. The maximum atomic E-state index is 3.55. The van der Waals surface area contributed by atoms with Crippen LogP contribution in [-0.4, -0.2) is 6.04 Å². The maximum Gasteiger partial charge on any atom is 0.0261 e. The molecule has 82 valence electrons. The van der Waals surface area contributed by atoms with Gasteiger partial charge in [-0.2, -0.15) is 0 Å². The van der Waals surface area contributed by atoms with Crippen LogP contribution in [-0.2, 0) is 0 Å². The van der Waals surface area contributed by atoms with Crippen molar-refractivity contribution in [2.24, 2.45) is 5.92 Å². The van der Waals surface area contributed by atoms with Crippen molar-refractivity contribution in [3.63, 3.8) is 0 Å². The highest BCUT2D eigenvalue weighted by Crippen LogP contribution is 2.28. The van der Waals surface area contributed by atoms with E-state index in [9.17, 15) is 0 Å². The molecule has 2 unspecified atom stereocenters. The molecule has 0 aromatic carbocycles. The van der Waals surface area contributed by atoms with E-state index in [-0.39, 0.29) is 0 Å². The lowest BCUT2D eigenvalue weighted by molar-refractivity contribution is 0.372. The number of hydrogen-bond donors (Lipinski definition) is 1. The van der Waals surface area contributed by atoms with Crippen molar-refractivity contribution in [2.45, 2.75) is 65.3 Å². The van der Waals surface area contributed by atoms with Gasteiger partial charge in [0, 0.05) is 6.04 Å². The first kappa shape index (κ1) is 11.6. The Hall–Kier alpha value is -0.460. The van der Waals surface area contributed by atoms with Gasteiger partial charge in [-0.25, -0.2) is 0 Å². The minimum atomic E-state index is 0.742. The van der Waals surface area contributed by atoms with Crippen LogP contribution in [0.5, 0.6) is 0 Å². The van der Waals surface area contributed by atoms with Crippen molar-refractivity contribution in [1.82, 2.24) is 5.32 Å². The minimum Gasteiger partial charge on any atom is -0.388 e. The van der Waals surface area contributed by atoms with Crippen molar-refractivity contribution in [2.75, 3.05) is 0 Å². The molecule has 0 saturated heterocycles. The van der Waals surface area contributed by atoms with E-state index in [0.29, 0.717) is 0 Å². The average Bonchev–Trinajstić information content (AvgIpc) is 2.19.